The number of rotatable bonds is 3. The van der Waals surface area contributed by atoms with Gasteiger partial charge in [0.2, 0.25) is 0 Å². The van der Waals surface area contributed by atoms with Gasteiger partial charge in [-0.15, -0.1) is 0 Å². The third-order valence-corrected chi connectivity index (χ3v) is 1.66. The van der Waals surface area contributed by atoms with E-state index in [0.29, 0.717) is 6.04 Å². The molecule has 0 radical (unpaired) electrons. The topological polar surface area (TPSA) is 21.1 Å². The van der Waals surface area contributed by atoms with Crippen molar-refractivity contribution in [3.63, 3.8) is 0 Å². The summed E-state index contributed by atoms with van der Waals surface area (Å²) in [7, 11) is 4.15. The van der Waals surface area contributed by atoms with Crippen LogP contribution in [0.1, 0.15) is 40.7 Å². The minimum Gasteiger partial charge on any atom is -0.333 e. The van der Waals surface area contributed by atoms with Crippen molar-refractivity contribution in [1.82, 2.24) is 14.5 Å². The Labute approximate surface area is 95.1 Å². The molecule has 0 saturated heterocycles. The van der Waals surface area contributed by atoms with Gasteiger partial charge in [-0.2, -0.15) is 0 Å². The fraction of sp³-hybridized carbons (Fsp3) is 0.750. The Hall–Kier alpha value is -0.830. The van der Waals surface area contributed by atoms with Crippen LogP contribution in [0, 0.1) is 0 Å². The maximum Gasteiger partial charge on any atom is 0.0948 e. The number of hydrogen-bond acceptors (Lipinski definition) is 2. The fourth-order valence-electron chi connectivity index (χ4n) is 1.15. The van der Waals surface area contributed by atoms with Gasteiger partial charge in [0, 0.05) is 25.0 Å². The summed E-state index contributed by atoms with van der Waals surface area (Å²) in [6.07, 6.45) is 5.66. The molecule has 0 fully saturated rings. The van der Waals surface area contributed by atoms with Crippen molar-refractivity contribution in [2.75, 3.05) is 20.6 Å². The molecule has 1 heterocycles. The first kappa shape index (κ1) is 16.6. The Morgan fingerprint density at radius 2 is 1.73 bits per heavy atom. The molecule has 3 nitrogen and oxygen atoms in total. The van der Waals surface area contributed by atoms with Crippen LogP contribution in [-0.4, -0.2) is 35.1 Å². The van der Waals surface area contributed by atoms with E-state index in [9.17, 15) is 0 Å². The minimum atomic E-state index is 0.507. The van der Waals surface area contributed by atoms with Gasteiger partial charge in [-0.3, -0.25) is 0 Å². The highest BCUT2D eigenvalue weighted by atomic mass is 15.1. The zero-order chi connectivity index (χ0) is 12.3. The lowest BCUT2D eigenvalue weighted by Gasteiger charge is -2.17. The quantitative estimate of drug-likeness (QED) is 0.769. The summed E-state index contributed by atoms with van der Waals surface area (Å²) in [6.45, 7) is 11.2. The van der Waals surface area contributed by atoms with Crippen LogP contribution in [0.25, 0.3) is 0 Å². The van der Waals surface area contributed by atoms with Crippen LogP contribution in [0.5, 0.6) is 0 Å². The van der Waals surface area contributed by atoms with Crippen LogP contribution in [0.2, 0.25) is 0 Å². The summed E-state index contributed by atoms with van der Waals surface area (Å²) in [5.74, 6) is 0. The third kappa shape index (κ3) is 8.18. The van der Waals surface area contributed by atoms with E-state index in [2.05, 4.69) is 35.5 Å². The first-order chi connectivity index (χ1) is 7.20. The van der Waals surface area contributed by atoms with Crippen LogP contribution in [0.4, 0.5) is 0 Å². The standard InChI is InChI=1S/C8H15N3.2C2H6/c1-8(6-10(2)3)11-5-4-9-7-11;2*1-2/h4-5,7-8H,6H2,1-3H3;2*1-2H3. The first-order valence-corrected chi connectivity index (χ1v) is 5.82. The van der Waals surface area contributed by atoms with E-state index >= 15 is 0 Å². The van der Waals surface area contributed by atoms with Crippen LogP contribution in [-0.2, 0) is 0 Å². The van der Waals surface area contributed by atoms with E-state index in [1.54, 1.807) is 0 Å². The second-order valence-electron chi connectivity index (χ2n) is 3.12. The molecule has 0 amide bonds. The molecule has 0 aromatic carbocycles. The molecular formula is C12H27N3. The summed E-state index contributed by atoms with van der Waals surface area (Å²) in [4.78, 5) is 6.17. The van der Waals surface area contributed by atoms with E-state index in [0.717, 1.165) is 6.54 Å². The average molecular weight is 213 g/mol. The Bertz CT molecular complexity index is 193. The van der Waals surface area contributed by atoms with E-state index in [-0.39, 0.29) is 0 Å². The molecule has 1 rings (SSSR count). The molecule has 0 spiro atoms. The van der Waals surface area contributed by atoms with Crippen molar-refractivity contribution in [3.05, 3.63) is 18.7 Å². The van der Waals surface area contributed by atoms with Crippen molar-refractivity contribution in [2.24, 2.45) is 0 Å². The molecule has 0 bridgehead atoms. The molecule has 1 aromatic heterocycles. The summed E-state index contributed by atoms with van der Waals surface area (Å²) >= 11 is 0. The minimum absolute atomic E-state index is 0.507. The molecule has 1 unspecified atom stereocenters. The van der Waals surface area contributed by atoms with Crippen molar-refractivity contribution < 1.29 is 0 Å². The van der Waals surface area contributed by atoms with Crippen LogP contribution in [0.3, 0.4) is 0 Å². The van der Waals surface area contributed by atoms with Crippen molar-refractivity contribution >= 4 is 0 Å². The molecule has 0 aliphatic carbocycles. The van der Waals surface area contributed by atoms with Gasteiger partial charge in [0.25, 0.3) is 0 Å². The van der Waals surface area contributed by atoms with E-state index in [1.807, 2.05) is 46.4 Å². The van der Waals surface area contributed by atoms with Gasteiger partial charge in [0.1, 0.15) is 0 Å². The Morgan fingerprint density at radius 1 is 1.20 bits per heavy atom. The van der Waals surface area contributed by atoms with Crippen LogP contribution in [0.15, 0.2) is 18.7 Å². The SMILES string of the molecule is CC.CC.CC(CN(C)C)n1ccnc1. The van der Waals surface area contributed by atoms with Gasteiger partial charge in [-0.1, -0.05) is 27.7 Å². The normalized spacial score (nSPS) is 10.9. The van der Waals surface area contributed by atoms with Crippen molar-refractivity contribution in [2.45, 2.75) is 40.7 Å². The Balaban J connectivity index is 0. The number of imidazole rings is 1. The molecule has 90 valence electrons. The van der Waals surface area contributed by atoms with E-state index < -0.39 is 0 Å². The molecular weight excluding hydrogens is 186 g/mol. The number of likely N-dealkylation sites (N-methyl/N-ethyl adjacent to an activating group) is 1. The van der Waals surface area contributed by atoms with E-state index in [1.165, 1.54) is 0 Å². The lowest BCUT2D eigenvalue weighted by Crippen LogP contribution is -2.21. The van der Waals surface area contributed by atoms with Crippen LogP contribution >= 0.6 is 0 Å². The van der Waals surface area contributed by atoms with Gasteiger partial charge >= 0.3 is 0 Å². The van der Waals surface area contributed by atoms with Crippen molar-refractivity contribution in [3.8, 4) is 0 Å². The van der Waals surface area contributed by atoms with Gasteiger partial charge in [0.05, 0.1) is 6.33 Å². The highest BCUT2D eigenvalue weighted by Gasteiger charge is 2.03. The van der Waals surface area contributed by atoms with Crippen molar-refractivity contribution in [1.29, 1.82) is 0 Å². The maximum absolute atomic E-state index is 3.99. The lowest BCUT2D eigenvalue weighted by atomic mass is 10.3. The number of hydrogen-bond donors (Lipinski definition) is 0. The van der Waals surface area contributed by atoms with Crippen LogP contribution < -0.4 is 0 Å². The van der Waals surface area contributed by atoms with Gasteiger partial charge in [-0.25, -0.2) is 4.98 Å². The molecule has 0 aliphatic rings. The highest BCUT2D eigenvalue weighted by Crippen LogP contribution is 2.04. The zero-order valence-electron chi connectivity index (χ0n) is 11.4. The molecule has 0 saturated carbocycles. The number of nitrogens with zero attached hydrogens (tertiary/aromatic N) is 3. The third-order valence-electron chi connectivity index (χ3n) is 1.66. The molecule has 0 aliphatic heterocycles. The van der Waals surface area contributed by atoms with Gasteiger partial charge in [-0.05, 0) is 21.0 Å². The summed E-state index contributed by atoms with van der Waals surface area (Å²) in [6, 6.07) is 0.507. The molecule has 1 atom stereocenters. The Morgan fingerprint density at radius 3 is 2.07 bits per heavy atom. The monoisotopic (exact) mass is 213 g/mol. The smallest absolute Gasteiger partial charge is 0.0948 e. The summed E-state index contributed by atoms with van der Waals surface area (Å²) in [5, 5.41) is 0. The predicted octanol–water partition coefficient (Wildman–Crippen LogP) is 3.06. The van der Waals surface area contributed by atoms with E-state index in [4.69, 9.17) is 0 Å². The maximum atomic E-state index is 3.99. The molecule has 15 heavy (non-hydrogen) atoms. The van der Waals surface area contributed by atoms with Gasteiger partial charge in [0.15, 0.2) is 0 Å². The average Bonchev–Trinajstić information content (AvgIpc) is 2.76. The Kier molecular flexibility index (Phi) is 12.4. The fourth-order valence-corrected chi connectivity index (χ4v) is 1.15. The first-order valence-electron chi connectivity index (χ1n) is 5.82. The summed E-state index contributed by atoms with van der Waals surface area (Å²) in [5.41, 5.74) is 0. The molecule has 0 N–H and O–H groups in total. The van der Waals surface area contributed by atoms with Gasteiger partial charge < -0.3 is 9.47 Å². The largest absolute Gasteiger partial charge is 0.333 e. The lowest BCUT2D eigenvalue weighted by molar-refractivity contribution is 0.337. The second kappa shape index (κ2) is 11.2. The highest BCUT2D eigenvalue weighted by molar-refractivity contribution is 4.79. The summed E-state index contributed by atoms with van der Waals surface area (Å²) < 4.78 is 2.11. The number of aromatic nitrogens is 2. The predicted molar refractivity (Wildman–Crippen MR) is 68.2 cm³/mol. The zero-order valence-corrected chi connectivity index (χ0v) is 11.4. The molecule has 3 heteroatoms. The second-order valence-corrected chi connectivity index (χ2v) is 3.12. The molecule has 1 aromatic rings.